The van der Waals surface area contributed by atoms with Gasteiger partial charge >= 0.3 is 0 Å². The summed E-state index contributed by atoms with van der Waals surface area (Å²) in [7, 11) is 4.11. The normalized spacial score (nSPS) is 11.6. The monoisotopic (exact) mass is 659 g/mol. The first kappa shape index (κ1) is 42.9. The molecule has 5 aromatic carbocycles. The van der Waals surface area contributed by atoms with Crippen molar-refractivity contribution in [3.63, 3.8) is 0 Å². The Morgan fingerprint density at radius 2 is 0.816 bits per heavy atom. The first-order valence-corrected chi connectivity index (χ1v) is 18.9. The highest BCUT2D eigenvalue weighted by atomic mass is 15.2. The van der Waals surface area contributed by atoms with Gasteiger partial charge in [-0.2, -0.15) is 0 Å². The fourth-order valence-corrected chi connectivity index (χ4v) is 6.39. The fourth-order valence-electron chi connectivity index (χ4n) is 6.39. The Hall–Kier alpha value is -4.14. The molecule has 49 heavy (non-hydrogen) atoms. The van der Waals surface area contributed by atoms with Crippen LogP contribution < -0.4 is 4.90 Å². The van der Waals surface area contributed by atoms with Crippen molar-refractivity contribution < 1.29 is 0 Å². The summed E-state index contributed by atoms with van der Waals surface area (Å²) >= 11 is 0. The smallest absolute Gasteiger partial charge is 0.0754 e. The Morgan fingerprint density at radius 3 is 1.29 bits per heavy atom. The zero-order valence-corrected chi connectivity index (χ0v) is 33.6. The molecule has 2 aliphatic rings. The van der Waals surface area contributed by atoms with Crippen molar-refractivity contribution in [2.24, 2.45) is 0 Å². The molecule has 0 aromatic heterocycles. The molecule has 1 spiro atoms. The molecule has 1 heterocycles. The average Bonchev–Trinajstić information content (AvgIpc) is 3.48. The SMILES string of the molecule is CC.CC.CC.CC.CC.CCN(C)C.Cc1ccccc1N1c2ccccc2C2(c3ccccc3-c3ccccc32)c2cccc(C)c21. The Balaban J connectivity index is 0.000000702. The van der Waals surface area contributed by atoms with Crippen molar-refractivity contribution in [2.45, 2.75) is 95.4 Å². The summed E-state index contributed by atoms with van der Waals surface area (Å²) in [6.07, 6.45) is 0. The van der Waals surface area contributed by atoms with Gasteiger partial charge < -0.3 is 9.80 Å². The van der Waals surface area contributed by atoms with Crippen molar-refractivity contribution >= 4 is 17.1 Å². The van der Waals surface area contributed by atoms with Crippen molar-refractivity contribution in [1.82, 2.24) is 4.90 Å². The highest BCUT2D eigenvalue weighted by Gasteiger charge is 2.51. The van der Waals surface area contributed by atoms with Gasteiger partial charge in [0.05, 0.1) is 16.8 Å². The molecule has 0 radical (unpaired) electrons. The Morgan fingerprint density at radius 1 is 0.449 bits per heavy atom. The lowest BCUT2D eigenvalue weighted by atomic mass is 9.64. The van der Waals surface area contributed by atoms with Gasteiger partial charge in [0.15, 0.2) is 0 Å². The van der Waals surface area contributed by atoms with Crippen LogP contribution in [0.2, 0.25) is 0 Å². The molecule has 0 unspecified atom stereocenters. The van der Waals surface area contributed by atoms with E-state index in [-0.39, 0.29) is 5.41 Å². The first-order chi connectivity index (χ1) is 24.0. The van der Waals surface area contributed by atoms with Gasteiger partial charge in [-0.05, 0) is 91.1 Å². The minimum atomic E-state index is -0.343. The van der Waals surface area contributed by atoms with Crippen LogP contribution in [0.5, 0.6) is 0 Å². The quantitative estimate of drug-likeness (QED) is 0.182. The summed E-state index contributed by atoms with van der Waals surface area (Å²) < 4.78 is 0. The van der Waals surface area contributed by atoms with Crippen LogP contribution >= 0.6 is 0 Å². The number of hydrogen-bond acceptors (Lipinski definition) is 2. The lowest BCUT2D eigenvalue weighted by molar-refractivity contribution is 0.434. The molecule has 0 atom stereocenters. The van der Waals surface area contributed by atoms with Crippen LogP contribution in [0.15, 0.2) is 115 Å². The molecule has 5 aromatic rings. The zero-order chi connectivity index (χ0) is 37.1. The van der Waals surface area contributed by atoms with Gasteiger partial charge in [-0.1, -0.05) is 179 Å². The van der Waals surface area contributed by atoms with Crippen molar-refractivity contribution in [1.29, 1.82) is 0 Å². The van der Waals surface area contributed by atoms with E-state index in [0.717, 1.165) is 6.54 Å². The number of nitrogens with zero attached hydrogens (tertiary/aromatic N) is 2. The second kappa shape index (κ2) is 21.8. The lowest BCUT2D eigenvalue weighted by Crippen LogP contribution is -2.36. The first-order valence-electron chi connectivity index (χ1n) is 18.9. The molecule has 0 saturated heterocycles. The summed E-state index contributed by atoms with van der Waals surface area (Å²) in [5.41, 5.74) is 14.1. The van der Waals surface area contributed by atoms with Crippen LogP contribution in [-0.2, 0) is 5.41 Å². The van der Waals surface area contributed by atoms with Crippen LogP contribution in [0, 0.1) is 13.8 Å². The predicted molar refractivity (Wildman–Crippen MR) is 222 cm³/mol. The van der Waals surface area contributed by atoms with Gasteiger partial charge in [0.25, 0.3) is 0 Å². The molecule has 7 rings (SSSR count). The number of hydrogen-bond donors (Lipinski definition) is 0. The number of aryl methyl sites for hydroxylation is 2. The Labute approximate surface area is 301 Å². The minimum Gasteiger partial charge on any atom is -0.310 e. The van der Waals surface area contributed by atoms with Crippen molar-refractivity contribution in [2.75, 3.05) is 25.5 Å². The van der Waals surface area contributed by atoms with E-state index in [2.05, 4.69) is 160 Å². The third-order valence-corrected chi connectivity index (χ3v) is 8.36. The van der Waals surface area contributed by atoms with Crippen LogP contribution in [0.4, 0.5) is 17.1 Å². The van der Waals surface area contributed by atoms with Gasteiger partial charge in [0.1, 0.15) is 0 Å². The van der Waals surface area contributed by atoms with E-state index >= 15 is 0 Å². The third-order valence-electron chi connectivity index (χ3n) is 8.36. The van der Waals surface area contributed by atoms with Gasteiger partial charge in [-0.15, -0.1) is 0 Å². The molecule has 1 aliphatic carbocycles. The summed E-state index contributed by atoms with van der Waals surface area (Å²) in [6.45, 7) is 27.7. The summed E-state index contributed by atoms with van der Waals surface area (Å²) in [6, 6.07) is 42.5. The molecule has 0 amide bonds. The van der Waals surface area contributed by atoms with Gasteiger partial charge in [0.2, 0.25) is 0 Å². The maximum Gasteiger partial charge on any atom is 0.0754 e. The zero-order valence-electron chi connectivity index (χ0n) is 33.6. The van der Waals surface area contributed by atoms with E-state index in [1.54, 1.807) is 0 Å². The van der Waals surface area contributed by atoms with Crippen LogP contribution in [0.1, 0.15) is 110 Å². The van der Waals surface area contributed by atoms with E-state index in [0.29, 0.717) is 0 Å². The average molecular weight is 659 g/mol. The highest BCUT2D eigenvalue weighted by molar-refractivity contribution is 5.96. The largest absolute Gasteiger partial charge is 0.310 e. The fraction of sp³-hybridized carbons (Fsp3) is 0.362. The number of anilines is 3. The molecule has 0 fully saturated rings. The highest BCUT2D eigenvalue weighted by Crippen LogP contribution is 2.63. The second-order valence-corrected chi connectivity index (χ2v) is 10.8. The van der Waals surface area contributed by atoms with E-state index < -0.39 is 0 Å². The number of rotatable bonds is 2. The third kappa shape index (κ3) is 8.36. The van der Waals surface area contributed by atoms with Gasteiger partial charge in [0, 0.05) is 5.69 Å². The number of fused-ring (bicyclic) bond motifs is 9. The van der Waals surface area contributed by atoms with E-state index in [4.69, 9.17) is 0 Å². The number of benzene rings is 5. The summed E-state index contributed by atoms with van der Waals surface area (Å²) in [4.78, 5) is 4.62. The summed E-state index contributed by atoms with van der Waals surface area (Å²) in [5.74, 6) is 0. The molecule has 264 valence electrons. The molecular weight excluding hydrogens is 593 g/mol. The second-order valence-electron chi connectivity index (χ2n) is 10.8. The molecule has 2 nitrogen and oxygen atoms in total. The van der Waals surface area contributed by atoms with Crippen LogP contribution in [0.3, 0.4) is 0 Å². The van der Waals surface area contributed by atoms with E-state index in [9.17, 15) is 0 Å². The molecule has 0 saturated carbocycles. The Kier molecular flexibility index (Phi) is 19.0. The minimum absolute atomic E-state index is 0.343. The predicted octanol–water partition coefficient (Wildman–Crippen LogP) is 14.1. The van der Waals surface area contributed by atoms with Crippen molar-refractivity contribution in [3.05, 3.63) is 149 Å². The van der Waals surface area contributed by atoms with Gasteiger partial charge in [-0.25, -0.2) is 0 Å². The standard InChI is InChI=1S/C33H25N.C4H11N.5C2H6/c1-22-12-3-9-20-30(22)34-31-21-10-8-18-28(31)33(29-19-11-13-23(2)32(29)34)26-16-6-4-14-24(26)25-15-5-7-17-27(25)33;1-4-5(2)3;5*1-2/h3-21H,1-2H3;4H2,1-3H3;5*1-2H3. The summed E-state index contributed by atoms with van der Waals surface area (Å²) in [5, 5.41) is 0. The topological polar surface area (TPSA) is 6.48 Å². The van der Waals surface area contributed by atoms with Gasteiger partial charge in [-0.3, -0.25) is 0 Å². The molecule has 1 aliphatic heterocycles. The van der Waals surface area contributed by atoms with Crippen LogP contribution in [-0.4, -0.2) is 25.5 Å². The molecule has 2 heteroatoms. The molecule has 0 N–H and O–H groups in total. The van der Waals surface area contributed by atoms with Crippen LogP contribution in [0.25, 0.3) is 11.1 Å². The van der Waals surface area contributed by atoms with Crippen molar-refractivity contribution in [3.8, 4) is 11.1 Å². The molecule has 0 bridgehead atoms. The van der Waals surface area contributed by atoms with E-state index in [1.165, 1.54) is 61.6 Å². The molecular formula is C47H66N2. The van der Waals surface area contributed by atoms with E-state index in [1.807, 2.05) is 69.2 Å². The lowest BCUT2D eigenvalue weighted by Gasteiger charge is -2.46. The maximum atomic E-state index is 2.49. The number of para-hydroxylation sites is 3. The maximum absolute atomic E-state index is 2.49. The Bertz CT molecular complexity index is 1620.